The smallest absolute Gasteiger partial charge is 0.251 e. The van der Waals surface area contributed by atoms with Crippen LogP contribution in [0.4, 0.5) is 0 Å². The van der Waals surface area contributed by atoms with Gasteiger partial charge in [-0.25, -0.2) is 4.98 Å². The highest BCUT2D eigenvalue weighted by Crippen LogP contribution is 2.34. The van der Waals surface area contributed by atoms with Crippen LogP contribution in [-0.2, 0) is 6.42 Å². The zero-order chi connectivity index (χ0) is 22.3. The van der Waals surface area contributed by atoms with E-state index in [1.807, 2.05) is 25.1 Å². The number of pyridine rings is 2. The normalized spacial score (nSPS) is 10.8. The average molecular weight is 432 g/mol. The van der Waals surface area contributed by atoms with E-state index < -0.39 is 0 Å². The third-order valence-electron chi connectivity index (χ3n) is 4.96. The van der Waals surface area contributed by atoms with E-state index in [2.05, 4.69) is 25.5 Å². The molecule has 0 aliphatic heterocycles. The van der Waals surface area contributed by atoms with E-state index in [-0.39, 0.29) is 5.91 Å². The number of rotatable bonds is 9. The molecule has 1 amide bonds. The van der Waals surface area contributed by atoms with Gasteiger partial charge in [-0.2, -0.15) is 0 Å². The predicted molar refractivity (Wildman–Crippen MR) is 120 cm³/mol. The van der Waals surface area contributed by atoms with E-state index in [1.54, 1.807) is 38.0 Å². The van der Waals surface area contributed by atoms with Crippen LogP contribution in [0.1, 0.15) is 29.5 Å². The highest BCUT2D eigenvalue weighted by Gasteiger charge is 2.14. The summed E-state index contributed by atoms with van der Waals surface area (Å²) in [5.41, 5.74) is 2.68. The SMILES string of the molecule is CCOc1cc(-c2ccncc2OC)nc2cc(C(=O)NCCCc3nnc[nH]3)ccc12. The maximum Gasteiger partial charge on any atom is 0.251 e. The summed E-state index contributed by atoms with van der Waals surface area (Å²) >= 11 is 0. The zero-order valence-electron chi connectivity index (χ0n) is 18.0. The maximum absolute atomic E-state index is 12.7. The van der Waals surface area contributed by atoms with Crippen molar-refractivity contribution >= 4 is 16.8 Å². The Hall–Kier alpha value is -4.01. The van der Waals surface area contributed by atoms with Crippen molar-refractivity contribution in [1.82, 2.24) is 30.5 Å². The first-order valence-electron chi connectivity index (χ1n) is 10.4. The van der Waals surface area contributed by atoms with Crippen molar-refractivity contribution in [1.29, 1.82) is 0 Å². The van der Waals surface area contributed by atoms with Crippen molar-refractivity contribution in [2.75, 3.05) is 20.3 Å². The van der Waals surface area contributed by atoms with Gasteiger partial charge in [0.2, 0.25) is 0 Å². The first-order valence-corrected chi connectivity index (χ1v) is 10.4. The van der Waals surface area contributed by atoms with Crippen molar-refractivity contribution in [3.8, 4) is 22.8 Å². The number of carbonyl (C=O) groups excluding carboxylic acids is 1. The summed E-state index contributed by atoms with van der Waals surface area (Å²) in [6.45, 7) is 2.97. The van der Waals surface area contributed by atoms with Gasteiger partial charge >= 0.3 is 0 Å². The number of hydrogen-bond acceptors (Lipinski definition) is 7. The quantitative estimate of drug-likeness (QED) is 0.390. The number of H-pyrrole nitrogens is 1. The lowest BCUT2D eigenvalue weighted by Gasteiger charge is -2.13. The molecule has 1 aromatic carbocycles. The molecule has 0 aliphatic carbocycles. The molecule has 0 atom stereocenters. The summed E-state index contributed by atoms with van der Waals surface area (Å²) in [5.74, 6) is 1.96. The molecular weight excluding hydrogens is 408 g/mol. The van der Waals surface area contributed by atoms with Crippen molar-refractivity contribution in [2.45, 2.75) is 19.8 Å². The number of carbonyl (C=O) groups is 1. The van der Waals surface area contributed by atoms with Crippen LogP contribution in [0.2, 0.25) is 0 Å². The highest BCUT2D eigenvalue weighted by atomic mass is 16.5. The molecule has 2 N–H and O–H groups in total. The fraction of sp³-hybridized carbons (Fsp3) is 0.261. The Balaban J connectivity index is 1.59. The van der Waals surface area contributed by atoms with Crippen LogP contribution in [0.3, 0.4) is 0 Å². The summed E-state index contributed by atoms with van der Waals surface area (Å²) in [4.78, 5) is 24.5. The van der Waals surface area contributed by atoms with E-state index in [9.17, 15) is 4.79 Å². The summed E-state index contributed by atoms with van der Waals surface area (Å²) < 4.78 is 11.3. The molecule has 9 heteroatoms. The van der Waals surface area contributed by atoms with Gasteiger partial charge in [-0.05, 0) is 37.6 Å². The Morgan fingerprint density at radius 1 is 1.19 bits per heavy atom. The van der Waals surface area contributed by atoms with Gasteiger partial charge in [0.15, 0.2) is 0 Å². The summed E-state index contributed by atoms with van der Waals surface area (Å²) in [5, 5.41) is 11.5. The highest BCUT2D eigenvalue weighted by molar-refractivity contribution is 5.99. The Bertz CT molecular complexity index is 1210. The summed E-state index contributed by atoms with van der Waals surface area (Å²) in [6, 6.07) is 9.15. The molecule has 0 fully saturated rings. The number of aromatic amines is 1. The zero-order valence-corrected chi connectivity index (χ0v) is 18.0. The fourth-order valence-corrected chi connectivity index (χ4v) is 3.42. The molecule has 0 unspecified atom stereocenters. The Morgan fingerprint density at radius 3 is 2.88 bits per heavy atom. The van der Waals surface area contributed by atoms with Gasteiger partial charge in [0.25, 0.3) is 5.91 Å². The van der Waals surface area contributed by atoms with Crippen molar-refractivity contribution in [3.05, 3.63) is 60.4 Å². The molecule has 0 spiro atoms. The van der Waals surface area contributed by atoms with E-state index in [4.69, 9.17) is 14.5 Å². The Morgan fingerprint density at radius 2 is 2.09 bits per heavy atom. The van der Waals surface area contributed by atoms with Gasteiger partial charge in [-0.1, -0.05) is 0 Å². The molecule has 0 aliphatic rings. The number of amides is 1. The molecule has 0 saturated heterocycles. The van der Waals surface area contributed by atoms with Crippen LogP contribution in [0.5, 0.6) is 11.5 Å². The maximum atomic E-state index is 12.7. The monoisotopic (exact) mass is 432 g/mol. The number of nitrogens with one attached hydrogen (secondary N) is 2. The standard InChI is InChI=1S/C23H24N6O3/c1-3-32-20-12-19(17-8-10-24-13-21(17)31-2)28-18-11-15(6-7-16(18)20)23(30)25-9-4-5-22-26-14-27-29-22/h6-8,10-14H,3-5,9H2,1-2H3,(H,25,30)(H,26,27,29). The third kappa shape index (κ3) is 4.66. The molecule has 164 valence electrons. The molecule has 3 aromatic heterocycles. The van der Waals surface area contributed by atoms with Gasteiger partial charge in [-0.3, -0.25) is 9.78 Å². The van der Waals surface area contributed by atoms with Crippen molar-refractivity contribution < 1.29 is 14.3 Å². The van der Waals surface area contributed by atoms with Gasteiger partial charge in [0.1, 0.15) is 23.7 Å². The minimum Gasteiger partial charge on any atom is -0.494 e. The summed E-state index contributed by atoms with van der Waals surface area (Å²) in [6.07, 6.45) is 6.35. The van der Waals surface area contributed by atoms with Crippen molar-refractivity contribution in [3.63, 3.8) is 0 Å². The number of methoxy groups -OCH3 is 1. The van der Waals surface area contributed by atoms with Crippen molar-refractivity contribution in [2.24, 2.45) is 0 Å². The second-order valence-electron chi connectivity index (χ2n) is 7.04. The van der Waals surface area contributed by atoms with Gasteiger partial charge in [-0.15, -0.1) is 10.2 Å². The van der Waals surface area contributed by atoms with Crippen LogP contribution < -0.4 is 14.8 Å². The number of hydrogen-bond donors (Lipinski definition) is 2. The van der Waals surface area contributed by atoms with Gasteiger partial charge < -0.3 is 19.8 Å². The van der Waals surface area contributed by atoms with Gasteiger partial charge in [0, 0.05) is 41.7 Å². The largest absolute Gasteiger partial charge is 0.494 e. The molecule has 0 bridgehead atoms. The first-order chi connectivity index (χ1) is 15.7. The second-order valence-corrected chi connectivity index (χ2v) is 7.04. The number of fused-ring (bicyclic) bond motifs is 1. The number of nitrogens with zero attached hydrogens (tertiary/aromatic N) is 4. The molecule has 3 heterocycles. The van der Waals surface area contributed by atoms with E-state index in [0.717, 1.165) is 23.2 Å². The number of aromatic nitrogens is 5. The number of benzene rings is 1. The molecule has 4 rings (SSSR count). The van der Waals surface area contributed by atoms with Crippen LogP contribution >= 0.6 is 0 Å². The lowest BCUT2D eigenvalue weighted by Crippen LogP contribution is -2.24. The molecule has 4 aromatic rings. The topological polar surface area (TPSA) is 115 Å². The van der Waals surface area contributed by atoms with E-state index >= 15 is 0 Å². The predicted octanol–water partition coefficient (Wildman–Crippen LogP) is 3.18. The van der Waals surface area contributed by atoms with Crippen LogP contribution in [-0.4, -0.2) is 51.3 Å². The lowest BCUT2D eigenvalue weighted by molar-refractivity contribution is 0.0953. The molecule has 0 radical (unpaired) electrons. The second kappa shape index (κ2) is 9.86. The molecule has 9 nitrogen and oxygen atoms in total. The minimum absolute atomic E-state index is 0.156. The minimum atomic E-state index is -0.156. The third-order valence-corrected chi connectivity index (χ3v) is 4.96. The number of ether oxygens (including phenoxy) is 2. The van der Waals surface area contributed by atoms with Crippen LogP contribution in [0.15, 0.2) is 49.1 Å². The average Bonchev–Trinajstić information content (AvgIpc) is 3.35. The molecular formula is C23H24N6O3. The lowest BCUT2D eigenvalue weighted by atomic mass is 10.1. The molecule has 32 heavy (non-hydrogen) atoms. The Labute approximate surface area is 185 Å². The molecule has 0 saturated carbocycles. The van der Waals surface area contributed by atoms with E-state index in [1.165, 1.54) is 0 Å². The fourth-order valence-electron chi connectivity index (χ4n) is 3.42. The Kier molecular flexibility index (Phi) is 6.54. The first kappa shape index (κ1) is 21.2. The summed E-state index contributed by atoms with van der Waals surface area (Å²) in [7, 11) is 1.59. The van der Waals surface area contributed by atoms with Gasteiger partial charge in [0.05, 0.1) is 31.1 Å². The number of aryl methyl sites for hydroxylation is 1. The van der Waals surface area contributed by atoms with Crippen LogP contribution in [0.25, 0.3) is 22.2 Å². The van der Waals surface area contributed by atoms with E-state index in [0.29, 0.717) is 47.8 Å². The van der Waals surface area contributed by atoms with Crippen LogP contribution in [0, 0.1) is 0 Å².